The Morgan fingerprint density at radius 3 is 2.67 bits per heavy atom. The van der Waals surface area contributed by atoms with E-state index in [4.69, 9.17) is 4.74 Å². The van der Waals surface area contributed by atoms with Gasteiger partial charge in [-0.15, -0.1) is 0 Å². The van der Waals surface area contributed by atoms with Gasteiger partial charge in [-0.1, -0.05) is 39.0 Å². The van der Waals surface area contributed by atoms with Gasteiger partial charge in [0.05, 0.1) is 6.61 Å². The lowest BCUT2D eigenvalue weighted by Crippen LogP contribution is -2.32. The van der Waals surface area contributed by atoms with E-state index < -0.39 is 11.4 Å². The van der Waals surface area contributed by atoms with E-state index in [0.717, 1.165) is 38.2 Å². The Morgan fingerprint density at radius 1 is 1.20 bits per heavy atom. The Bertz CT molecular complexity index is 1140. The molecule has 2 aliphatic heterocycles. The molecule has 1 aromatic carbocycles. The molecule has 0 radical (unpaired) electrons. The van der Waals surface area contributed by atoms with Crippen LogP contribution in [0.2, 0.25) is 0 Å². The van der Waals surface area contributed by atoms with Gasteiger partial charge in [-0.3, -0.25) is 4.79 Å². The van der Waals surface area contributed by atoms with Gasteiger partial charge in [-0.2, -0.15) is 0 Å². The second-order valence-electron chi connectivity index (χ2n) is 9.85. The minimum absolute atomic E-state index is 0.0813. The molecule has 0 saturated carbocycles. The van der Waals surface area contributed by atoms with Gasteiger partial charge in [-0.05, 0) is 46.1 Å². The molecule has 5 rings (SSSR count). The SMILES string of the molecule is CC(C)(C)[C@@H]1CC2=C(Cc3cc(C4CCOC4)ccc32)c2cc(=O)c(C(=O)O)cn21. The summed E-state index contributed by atoms with van der Waals surface area (Å²) in [4.78, 5) is 24.1. The van der Waals surface area contributed by atoms with E-state index in [9.17, 15) is 14.7 Å². The number of rotatable bonds is 2. The van der Waals surface area contributed by atoms with E-state index in [2.05, 4.69) is 39.0 Å². The van der Waals surface area contributed by atoms with Crippen molar-refractivity contribution in [1.29, 1.82) is 0 Å². The molecule has 1 unspecified atom stereocenters. The highest BCUT2D eigenvalue weighted by Crippen LogP contribution is 2.50. The van der Waals surface area contributed by atoms with Crippen molar-refractivity contribution < 1.29 is 14.6 Å². The molecule has 2 aromatic rings. The van der Waals surface area contributed by atoms with Crippen molar-refractivity contribution in [3.8, 4) is 0 Å². The molecule has 5 nitrogen and oxygen atoms in total. The van der Waals surface area contributed by atoms with Gasteiger partial charge in [0, 0.05) is 42.9 Å². The molecule has 30 heavy (non-hydrogen) atoms. The molecular weight excluding hydrogens is 378 g/mol. The molecule has 0 spiro atoms. The van der Waals surface area contributed by atoms with Crippen LogP contribution in [0.3, 0.4) is 0 Å². The summed E-state index contributed by atoms with van der Waals surface area (Å²) in [6.45, 7) is 8.12. The average molecular weight is 405 g/mol. The lowest BCUT2D eigenvalue weighted by Gasteiger charge is -2.39. The maximum absolute atomic E-state index is 12.5. The fourth-order valence-corrected chi connectivity index (χ4v) is 5.27. The highest BCUT2D eigenvalue weighted by molar-refractivity contribution is 5.98. The monoisotopic (exact) mass is 405 g/mol. The molecule has 1 saturated heterocycles. The lowest BCUT2D eigenvalue weighted by atomic mass is 9.78. The summed E-state index contributed by atoms with van der Waals surface area (Å²) < 4.78 is 7.61. The van der Waals surface area contributed by atoms with Crippen LogP contribution in [-0.2, 0) is 11.2 Å². The van der Waals surface area contributed by atoms with Crippen LogP contribution < -0.4 is 5.43 Å². The highest BCUT2D eigenvalue weighted by atomic mass is 16.5. The predicted molar refractivity (Wildman–Crippen MR) is 116 cm³/mol. The highest BCUT2D eigenvalue weighted by Gasteiger charge is 2.38. The molecule has 0 bridgehead atoms. The number of fused-ring (bicyclic) bond motifs is 4. The lowest BCUT2D eigenvalue weighted by molar-refractivity contribution is 0.0693. The largest absolute Gasteiger partial charge is 0.477 e. The summed E-state index contributed by atoms with van der Waals surface area (Å²) in [5, 5.41) is 9.48. The molecular formula is C25H27NO4. The maximum atomic E-state index is 12.5. The Kier molecular flexibility index (Phi) is 4.30. The molecule has 1 N–H and O–H groups in total. The van der Waals surface area contributed by atoms with Crippen LogP contribution in [0.15, 0.2) is 35.3 Å². The van der Waals surface area contributed by atoms with Gasteiger partial charge in [0.1, 0.15) is 5.56 Å². The van der Waals surface area contributed by atoms with Gasteiger partial charge in [0.25, 0.3) is 0 Å². The van der Waals surface area contributed by atoms with Gasteiger partial charge >= 0.3 is 5.97 Å². The normalized spacial score (nSPS) is 22.6. The Balaban J connectivity index is 1.64. The first-order valence-corrected chi connectivity index (χ1v) is 10.7. The van der Waals surface area contributed by atoms with Gasteiger partial charge < -0.3 is 14.4 Å². The van der Waals surface area contributed by atoms with E-state index in [-0.39, 0.29) is 17.0 Å². The molecule has 3 aliphatic rings. The minimum Gasteiger partial charge on any atom is -0.477 e. The van der Waals surface area contributed by atoms with Crippen LogP contribution in [0.4, 0.5) is 0 Å². The van der Waals surface area contributed by atoms with Gasteiger partial charge in [0.2, 0.25) is 0 Å². The number of ether oxygens (including phenoxy) is 1. The zero-order valence-corrected chi connectivity index (χ0v) is 17.7. The third-order valence-corrected chi connectivity index (χ3v) is 6.94. The molecule has 0 amide bonds. The summed E-state index contributed by atoms with van der Waals surface area (Å²) in [6.07, 6.45) is 4.25. The van der Waals surface area contributed by atoms with Crippen LogP contribution in [0.1, 0.15) is 78.3 Å². The third-order valence-electron chi connectivity index (χ3n) is 6.94. The van der Waals surface area contributed by atoms with E-state index >= 15 is 0 Å². The topological polar surface area (TPSA) is 68.5 Å². The average Bonchev–Trinajstić information content (AvgIpc) is 3.33. The van der Waals surface area contributed by atoms with Crippen LogP contribution >= 0.6 is 0 Å². The standard InChI is InChI=1S/C25H27NO4/c1-25(2,3)23-10-18-17-5-4-14(15-6-7-30-13-15)8-16(17)9-19(18)21-11-22(27)20(24(28)29)12-26(21)23/h4-5,8,11-12,15,23H,6-7,9-10,13H2,1-3H3,(H,28,29)/t15?,23-/m0/s1. The number of carboxylic acids is 1. The molecule has 5 heteroatoms. The van der Waals surface area contributed by atoms with E-state index in [1.165, 1.54) is 33.9 Å². The number of aromatic carboxylic acids is 1. The number of hydrogen-bond acceptors (Lipinski definition) is 3. The van der Waals surface area contributed by atoms with E-state index in [0.29, 0.717) is 5.92 Å². The number of aromatic nitrogens is 1. The van der Waals surface area contributed by atoms with E-state index in [1.54, 1.807) is 6.20 Å². The molecule has 1 aliphatic carbocycles. The zero-order valence-electron chi connectivity index (χ0n) is 17.7. The number of nitrogens with zero attached hydrogens (tertiary/aromatic N) is 1. The first kappa shape index (κ1) is 19.3. The fourth-order valence-electron chi connectivity index (χ4n) is 5.27. The summed E-state index contributed by atoms with van der Waals surface area (Å²) in [7, 11) is 0. The quantitative estimate of drug-likeness (QED) is 0.798. The van der Waals surface area contributed by atoms with Crippen molar-refractivity contribution in [3.63, 3.8) is 0 Å². The Hall–Kier alpha value is -2.66. The summed E-state index contributed by atoms with van der Waals surface area (Å²) in [5.74, 6) is -0.704. The van der Waals surface area contributed by atoms with Crippen LogP contribution in [0, 0.1) is 5.41 Å². The summed E-state index contributed by atoms with van der Waals surface area (Å²) in [6, 6.07) is 8.40. The number of hydrogen-bond donors (Lipinski definition) is 1. The van der Waals surface area contributed by atoms with Gasteiger partial charge in [-0.25, -0.2) is 4.79 Å². The predicted octanol–water partition coefficient (Wildman–Crippen LogP) is 4.51. The van der Waals surface area contributed by atoms with Crippen LogP contribution in [0.25, 0.3) is 11.1 Å². The smallest absolute Gasteiger partial charge is 0.341 e. The molecule has 1 aromatic heterocycles. The van der Waals surface area contributed by atoms with Crippen molar-refractivity contribution in [2.45, 2.75) is 52.0 Å². The molecule has 3 heterocycles. The fraction of sp³-hybridized carbons (Fsp3) is 0.440. The van der Waals surface area contributed by atoms with Crippen molar-refractivity contribution in [1.82, 2.24) is 4.57 Å². The van der Waals surface area contributed by atoms with Crippen molar-refractivity contribution in [2.24, 2.45) is 5.41 Å². The van der Waals surface area contributed by atoms with Crippen molar-refractivity contribution >= 4 is 17.1 Å². The van der Waals surface area contributed by atoms with Crippen molar-refractivity contribution in [2.75, 3.05) is 13.2 Å². The second kappa shape index (κ2) is 6.67. The first-order valence-electron chi connectivity index (χ1n) is 10.7. The third kappa shape index (κ3) is 2.95. The maximum Gasteiger partial charge on any atom is 0.341 e. The molecule has 2 atom stereocenters. The number of carbonyl (C=O) groups is 1. The van der Waals surface area contributed by atoms with Crippen LogP contribution in [0.5, 0.6) is 0 Å². The van der Waals surface area contributed by atoms with Crippen molar-refractivity contribution in [3.05, 3.63) is 68.6 Å². The summed E-state index contributed by atoms with van der Waals surface area (Å²) >= 11 is 0. The Labute approximate surface area is 176 Å². The van der Waals surface area contributed by atoms with E-state index in [1.807, 2.05) is 4.57 Å². The van der Waals surface area contributed by atoms with Crippen LogP contribution in [-0.4, -0.2) is 28.9 Å². The number of benzene rings is 1. The van der Waals surface area contributed by atoms with Gasteiger partial charge in [0.15, 0.2) is 5.43 Å². The summed E-state index contributed by atoms with van der Waals surface area (Å²) in [5.41, 5.74) is 6.60. The first-order chi connectivity index (χ1) is 14.2. The molecule has 156 valence electrons. The Morgan fingerprint density at radius 2 is 2.00 bits per heavy atom. The zero-order chi connectivity index (χ0) is 21.2. The number of allylic oxidation sites excluding steroid dienone is 2. The number of carboxylic acid groups (broad SMARTS) is 1. The minimum atomic E-state index is -1.17. The molecule has 1 fully saturated rings. The number of pyridine rings is 1. The second-order valence-corrected chi connectivity index (χ2v) is 9.85.